The first kappa shape index (κ1) is 5.27. The van der Waals surface area contributed by atoms with Crippen molar-refractivity contribution in [1.29, 1.82) is 0 Å². The molecule has 0 saturated carbocycles. The summed E-state index contributed by atoms with van der Waals surface area (Å²) < 4.78 is 2.38. The molecule has 0 aliphatic carbocycles. The molecule has 0 bridgehead atoms. The molecule has 0 atom stereocenters. The number of rotatable bonds is 0. The summed E-state index contributed by atoms with van der Waals surface area (Å²) in [5.41, 5.74) is 0. The van der Waals surface area contributed by atoms with Gasteiger partial charge in [-0.1, -0.05) is 0 Å². The van der Waals surface area contributed by atoms with E-state index in [2.05, 4.69) is 15.9 Å². The average molecular weight is 125 g/mol. The molecule has 2 rings (SSSR count). The number of nitrogens with zero attached hydrogens (tertiary/aromatic N) is 2. The summed E-state index contributed by atoms with van der Waals surface area (Å²) in [5, 5.41) is 2.45. The number of hydrazone groups is 1. The van der Waals surface area contributed by atoms with Gasteiger partial charge in [0.25, 0.3) is 0 Å². The summed E-state index contributed by atoms with van der Waals surface area (Å²) in [5.74, 6) is 0. The van der Waals surface area contributed by atoms with Crippen LogP contribution < -0.4 is 0 Å². The second-order valence-electron chi connectivity index (χ2n) is 2.80. The second kappa shape index (κ2) is 2.01. The highest BCUT2D eigenvalue weighted by Crippen LogP contribution is 2.09. The molecule has 0 aromatic rings. The topological polar surface area (TPSA) is 6.25 Å². The summed E-state index contributed by atoms with van der Waals surface area (Å²) in [6.07, 6.45) is 6.33. The van der Waals surface area contributed by atoms with Crippen LogP contribution in [0.3, 0.4) is 0 Å². The SMILES string of the molecule is C1=[N+]2CCCN2CCC1. The van der Waals surface area contributed by atoms with Gasteiger partial charge in [-0.15, -0.1) is 4.68 Å². The van der Waals surface area contributed by atoms with Crippen molar-refractivity contribution in [3.8, 4) is 0 Å². The maximum Gasteiger partial charge on any atom is 0.173 e. The first-order valence-corrected chi connectivity index (χ1v) is 3.82. The Bertz CT molecular complexity index is 140. The van der Waals surface area contributed by atoms with Crippen LogP contribution in [0.15, 0.2) is 0 Å². The molecular weight excluding hydrogens is 112 g/mol. The van der Waals surface area contributed by atoms with Gasteiger partial charge < -0.3 is 0 Å². The smallest absolute Gasteiger partial charge is 0.173 e. The Balaban J connectivity index is 2.16. The monoisotopic (exact) mass is 125 g/mol. The standard InChI is InChI=1S/C7H13N2/c1-2-5-9-7-3-6-8(9)4-1/h4H,1-3,5-7H2/q+1. The molecule has 2 heteroatoms. The van der Waals surface area contributed by atoms with Crippen LogP contribution in [-0.2, 0) is 0 Å². The third kappa shape index (κ3) is 0.824. The molecule has 0 amide bonds. The molecule has 2 aliphatic rings. The Labute approximate surface area is 55.8 Å². The van der Waals surface area contributed by atoms with Gasteiger partial charge in [-0.2, -0.15) is 5.01 Å². The Morgan fingerprint density at radius 1 is 1.22 bits per heavy atom. The molecular formula is C7H13N2+. The van der Waals surface area contributed by atoms with E-state index >= 15 is 0 Å². The summed E-state index contributed by atoms with van der Waals surface area (Å²) >= 11 is 0. The minimum absolute atomic E-state index is 1.26. The fraction of sp³-hybridized carbons (Fsp3) is 0.857. The van der Waals surface area contributed by atoms with Crippen LogP contribution in [0.25, 0.3) is 0 Å². The number of fused-ring (bicyclic) bond motifs is 1. The molecule has 1 saturated heterocycles. The molecule has 0 aromatic carbocycles. The highest BCUT2D eigenvalue weighted by Gasteiger charge is 2.25. The van der Waals surface area contributed by atoms with Crippen LogP contribution >= 0.6 is 0 Å². The van der Waals surface area contributed by atoms with E-state index in [4.69, 9.17) is 0 Å². The van der Waals surface area contributed by atoms with Gasteiger partial charge in [0, 0.05) is 12.8 Å². The van der Waals surface area contributed by atoms with Gasteiger partial charge in [-0.25, -0.2) is 0 Å². The van der Waals surface area contributed by atoms with Gasteiger partial charge in [0.1, 0.15) is 0 Å². The van der Waals surface area contributed by atoms with E-state index in [1.807, 2.05) is 0 Å². The minimum Gasteiger partial charge on any atom is -0.186 e. The van der Waals surface area contributed by atoms with Gasteiger partial charge in [-0.05, 0) is 6.42 Å². The maximum atomic E-state index is 2.45. The van der Waals surface area contributed by atoms with E-state index in [9.17, 15) is 0 Å². The molecule has 0 unspecified atom stereocenters. The third-order valence-corrected chi connectivity index (χ3v) is 2.13. The van der Waals surface area contributed by atoms with E-state index in [0.29, 0.717) is 0 Å². The summed E-state index contributed by atoms with van der Waals surface area (Å²) in [4.78, 5) is 0. The predicted molar refractivity (Wildman–Crippen MR) is 36.6 cm³/mol. The lowest BCUT2D eigenvalue weighted by molar-refractivity contribution is -0.667. The zero-order valence-electron chi connectivity index (χ0n) is 5.71. The van der Waals surface area contributed by atoms with Crippen LogP contribution in [0.1, 0.15) is 19.3 Å². The summed E-state index contributed by atoms with van der Waals surface area (Å²) in [6, 6.07) is 0. The Kier molecular flexibility index (Phi) is 1.18. The van der Waals surface area contributed by atoms with Crippen molar-refractivity contribution < 1.29 is 4.68 Å². The molecule has 2 heterocycles. The van der Waals surface area contributed by atoms with Crippen LogP contribution in [0.5, 0.6) is 0 Å². The van der Waals surface area contributed by atoms with E-state index in [1.165, 1.54) is 38.9 Å². The molecule has 0 N–H and O–H groups in total. The van der Waals surface area contributed by atoms with Crippen molar-refractivity contribution in [3.63, 3.8) is 0 Å². The first-order chi connectivity index (χ1) is 4.47. The average Bonchev–Trinajstić information content (AvgIpc) is 2.33. The van der Waals surface area contributed by atoms with Crippen LogP contribution in [0.4, 0.5) is 0 Å². The van der Waals surface area contributed by atoms with Crippen molar-refractivity contribution in [2.24, 2.45) is 0 Å². The fourth-order valence-electron chi connectivity index (χ4n) is 1.65. The van der Waals surface area contributed by atoms with E-state index in [1.54, 1.807) is 0 Å². The van der Waals surface area contributed by atoms with Crippen molar-refractivity contribution >= 4 is 6.21 Å². The van der Waals surface area contributed by atoms with Crippen molar-refractivity contribution in [2.75, 3.05) is 19.6 Å². The minimum atomic E-state index is 1.26. The summed E-state index contributed by atoms with van der Waals surface area (Å²) in [6.45, 7) is 3.84. The van der Waals surface area contributed by atoms with E-state index < -0.39 is 0 Å². The van der Waals surface area contributed by atoms with Crippen molar-refractivity contribution in [2.45, 2.75) is 19.3 Å². The van der Waals surface area contributed by atoms with Gasteiger partial charge in [0.2, 0.25) is 0 Å². The van der Waals surface area contributed by atoms with Crippen molar-refractivity contribution in [3.05, 3.63) is 0 Å². The molecule has 50 valence electrons. The number of hydrazine groups is 1. The lowest BCUT2D eigenvalue weighted by Crippen LogP contribution is -2.33. The largest absolute Gasteiger partial charge is 0.186 e. The van der Waals surface area contributed by atoms with E-state index in [0.717, 1.165) is 0 Å². The molecule has 0 aromatic heterocycles. The zero-order valence-corrected chi connectivity index (χ0v) is 5.71. The molecule has 1 fully saturated rings. The summed E-state index contributed by atoms with van der Waals surface area (Å²) in [7, 11) is 0. The number of hydrogen-bond acceptors (Lipinski definition) is 1. The van der Waals surface area contributed by atoms with Gasteiger partial charge in [0.15, 0.2) is 12.8 Å². The first-order valence-electron chi connectivity index (χ1n) is 3.82. The highest BCUT2D eigenvalue weighted by atomic mass is 15.6. The fourth-order valence-corrected chi connectivity index (χ4v) is 1.65. The molecule has 9 heavy (non-hydrogen) atoms. The molecule has 0 spiro atoms. The molecule has 2 nitrogen and oxygen atoms in total. The maximum absolute atomic E-state index is 2.45. The zero-order chi connectivity index (χ0) is 6.10. The normalized spacial score (nSPS) is 25.8. The molecule has 0 radical (unpaired) electrons. The van der Waals surface area contributed by atoms with Gasteiger partial charge in [0.05, 0.1) is 13.1 Å². The Morgan fingerprint density at radius 2 is 2.11 bits per heavy atom. The van der Waals surface area contributed by atoms with Crippen LogP contribution in [0, 0.1) is 0 Å². The lowest BCUT2D eigenvalue weighted by atomic mass is 10.3. The van der Waals surface area contributed by atoms with Crippen LogP contribution in [0.2, 0.25) is 0 Å². The predicted octanol–water partition coefficient (Wildman–Crippen LogP) is 0.484. The number of hydrogen-bond donors (Lipinski definition) is 0. The van der Waals surface area contributed by atoms with Gasteiger partial charge >= 0.3 is 0 Å². The Morgan fingerprint density at radius 3 is 3.00 bits per heavy atom. The third-order valence-electron chi connectivity index (χ3n) is 2.13. The van der Waals surface area contributed by atoms with Gasteiger partial charge in [-0.3, -0.25) is 0 Å². The quantitative estimate of drug-likeness (QED) is 0.427. The molecule has 2 aliphatic heterocycles. The lowest BCUT2D eigenvalue weighted by Gasteiger charge is -2.15. The Hall–Kier alpha value is -0.530. The van der Waals surface area contributed by atoms with Crippen molar-refractivity contribution in [1.82, 2.24) is 5.01 Å². The second-order valence-corrected chi connectivity index (χ2v) is 2.80. The van der Waals surface area contributed by atoms with Crippen LogP contribution in [-0.4, -0.2) is 35.5 Å². The highest BCUT2D eigenvalue weighted by molar-refractivity contribution is 5.51. The van der Waals surface area contributed by atoms with E-state index in [-0.39, 0.29) is 0 Å².